The van der Waals surface area contributed by atoms with Crippen LogP contribution in [0.1, 0.15) is 26.7 Å². The summed E-state index contributed by atoms with van der Waals surface area (Å²) < 4.78 is 0. The summed E-state index contributed by atoms with van der Waals surface area (Å²) in [7, 11) is 0. The molecular weight excluding hydrogens is 152 g/mol. The number of hydrogen-bond acceptors (Lipinski definition) is 2. The van der Waals surface area contributed by atoms with Crippen molar-refractivity contribution in [1.82, 2.24) is 0 Å². The van der Waals surface area contributed by atoms with Gasteiger partial charge in [-0.25, -0.2) is 0 Å². The highest BCUT2D eigenvalue weighted by Crippen LogP contribution is 1.92. The van der Waals surface area contributed by atoms with E-state index in [0.29, 0.717) is 12.8 Å². The fraction of sp³-hybridized carbons (Fsp3) is 0.500. The Kier molecular flexibility index (Phi) is 6.29. The minimum Gasteiger partial charge on any atom is -0.389 e. The lowest BCUT2D eigenvalue weighted by molar-refractivity contribution is -0.114. The lowest BCUT2D eigenvalue weighted by atomic mass is 10.2. The molecular formula is C10H16O2. The van der Waals surface area contributed by atoms with E-state index >= 15 is 0 Å². The summed E-state index contributed by atoms with van der Waals surface area (Å²) >= 11 is 0. The summed E-state index contributed by atoms with van der Waals surface area (Å²) in [5, 5.41) is 9.07. The van der Waals surface area contributed by atoms with Gasteiger partial charge < -0.3 is 5.11 Å². The number of aliphatic hydroxyl groups is 1. The molecule has 1 N–H and O–H groups in total. The first-order chi connectivity index (χ1) is 5.70. The van der Waals surface area contributed by atoms with E-state index in [1.807, 2.05) is 13.8 Å². The van der Waals surface area contributed by atoms with Gasteiger partial charge in [-0.15, -0.1) is 0 Å². The standard InChI is InChI=1S/C10H16O2/c1-3-9(11)7-5-6-8-10(12)4-2/h5-9,11H,3-4H2,1-2H3. The van der Waals surface area contributed by atoms with Crippen LogP contribution in [-0.4, -0.2) is 17.0 Å². The lowest BCUT2D eigenvalue weighted by Crippen LogP contribution is -1.97. The molecule has 0 aromatic carbocycles. The molecule has 0 spiro atoms. The van der Waals surface area contributed by atoms with Crippen molar-refractivity contribution in [3.05, 3.63) is 24.3 Å². The largest absolute Gasteiger partial charge is 0.389 e. The maximum absolute atomic E-state index is 10.7. The Hall–Kier alpha value is -0.890. The van der Waals surface area contributed by atoms with Gasteiger partial charge in [0.1, 0.15) is 0 Å². The van der Waals surface area contributed by atoms with E-state index in [2.05, 4.69) is 0 Å². The second-order valence-electron chi connectivity index (χ2n) is 2.54. The average Bonchev–Trinajstić information content (AvgIpc) is 2.11. The molecule has 0 rings (SSSR count). The summed E-state index contributed by atoms with van der Waals surface area (Å²) in [6.45, 7) is 3.72. The van der Waals surface area contributed by atoms with Crippen LogP contribution in [0.2, 0.25) is 0 Å². The van der Waals surface area contributed by atoms with Crippen molar-refractivity contribution >= 4 is 5.78 Å². The van der Waals surface area contributed by atoms with Crippen LogP contribution in [0.3, 0.4) is 0 Å². The van der Waals surface area contributed by atoms with Gasteiger partial charge >= 0.3 is 0 Å². The number of ketones is 1. The van der Waals surface area contributed by atoms with E-state index in [0.717, 1.165) is 0 Å². The summed E-state index contributed by atoms with van der Waals surface area (Å²) in [4.78, 5) is 10.7. The molecule has 0 fully saturated rings. The molecule has 12 heavy (non-hydrogen) atoms. The van der Waals surface area contributed by atoms with Crippen LogP contribution in [0, 0.1) is 0 Å². The summed E-state index contributed by atoms with van der Waals surface area (Å²) in [6.07, 6.45) is 7.36. The first-order valence-corrected chi connectivity index (χ1v) is 4.26. The average molecular weight is 168 g/mol. The van der Waals surface area contributed by atoms with Crippen LogP contribution in [0.25, 0.3) is 0 Å². The molecule has 2 heteroatoms. The normalized spacial score (nSPS) is 14.2. The zero-order chi connectivity index (χ0) is 9.40. The fourth-order valence-corrected chi connectivity index (χ4v) is 0.609. The van der Waals surface area contributed by atoms with Crippen molar-refractivity contribution in [2.75, 3.05) is 0 Å². The van der Waals surface area contributed by atoms with Gasteiger partial charge in [-0.1, -0.05) is 32.1 Å². The minimum atomic E-state index is -0.397. The molecule has 0 radical (unpaired) electrons. The highest BCUT2D eigenvalue weighted by molar-refractivity contribution is 5.89. The summed E-state index contributed by atoms with van der Waals surface area (Å²) in [5.41, 5.74) is 0. The Labute approximate surface area is 73.6 Å². The molecule has 0 aromatic heterocycles. The van der Waals surface area contributed by atoms with E-state index in [-0.39, 0.29) is 5.78 Å². The number of carbonyl (C=O) groups excluding carboxylic acids is 1. The van der Waals surface area contributed by atoms with Crippen LogP contribution in [0.15, 0.2) is 24.3 Å². The molecule has 0 aliphatic heterocycles. The van der Waals surface area contributed by atoms with Crippen molar-refractivity contribution in [2.45, 2.75) is 32.8 Å². The molecule has 0 heterocycles. The highest BCUT2D eigenvalue weighted by atomic mass is 16.3. The number of rotatable bonds is 5. The molecule has 0 bridgehead atoms. The number of hydrogen-bond donors (Lipinski definition) is 1. The van der Waals surface area contributed by atoms with Gasteiger partial charge in [0.05, 0.1) is 6.10 Å². The highest BCUT2D eigenvalue weighted by Gasteiger charge is 1.90. The van der Waals surface area contributed by atoms with Gasteiger partial charge in [0, 0.05) is 6.42 Å². The zero-order valence-electron chi connectivity index (χ0n) is 7.66. The quantitative estimate of drug-likeness (QED) is 0.502. The number of allylic oxidation sites excluding steroid dienone is 3. The Balaban J connectivity index is 3.73. The Morgan fingerprint density at radius 2 is 2.08 bits per heavy atom. The molecule has 0 amide bonds. The lowest BCUT2D eigenvalue weighted by Gasteiger charge is -1.95. The molecule has 0 saturated heterocycles. The van der Waals surface area contributed by atoms with Crippen molar-refractivity contribution in [1.29, 1.82) is 0 Å². The van der Waals surface area contributed by atoms with E-state index in [4.69, 9.17) is 5.11 Å². The molecule has 0 saturated carbocycles. The Morgan fingerprint density at radius 3 is 2.58 bits per heavy atom. The van der Waals surface area contributed by atoms with Gasteiger partial charge in [-0.2, -0.15) is 0 Å². The predicted octanol–water partition coefficient (Wildman–Crippen LogP) is 1.85. The van der Waals surface area contributed by atoms with Crippen LogP contribution >= 0.6 is 0 Å². The maximum Gasteiger partial charge on any atom is 0.155 e. The zero-order valence-corrected chi connectivity index (χ0v) is 7.66. The van der Waals surface area contributed by atoms with Crippen molar-refractivity contribution in [3.8, 4) is 0 Å². The number of aliphatic hydroxyl groups excluding tert-OH is 1. The third-order valence-electron chi connectivity index (χ3n) is 1.49. The van der Waals surface area contributed by atoms with Gasteiger partial charge in [-0.05, 0) is 12.5 Å². The van der Waals surface area contributed by atoms with Gasteiger partial charge in [0.2, 0.25) is 0 Å². The third kappa shape index (κ3) is 5.86. The third-order valence-corrected chi connectivity index (χ3v) is 1.49. The van der Waals surface area contributed by atoms with Crippen molar-refractivity contribution in [3.63, 3.8) is 0 Å². The van der Waals surface area contributed by atoms with Crippen LogP contribution in [-0.2, 0) is 4.79 Å². The topological polar surface area (TPSA) is 37.3 Å². The van der Waals surface area contributed by atoms with Crippen molar-refractivity contribution < 1.29 is 9.90 Å². The Bertz CT molecular complexity index is 180. The second kappa shape index (κ2) is 6.80. The SMILES string of the molecule is CCC(=O)C=CC=CC(O)CC. The fourth-order valence-electron chi connectivity index (χ4n) is 0.609. The molecule has 1 atom stereocenters. The van der Waals surface area contributed by atoms with Crippen molar-refractivity contribution in [2.24, 2.45) is 0 Å². The monoisotopic (exact) mass is 168 g/mol. The molecule has 0 aliphatic carbocycles. The maximum atomic E-state index is 10.7. The van der Waals surface area contributed by atoms with E-state index < -0.39 is 6.10 Å². The van der Waals surface area contributed by atoms with E-state index in [9.17, 15) is 4.79 Å². The first-order valence-electron chi connectivity index (χ1n) is 4.26. The minimum absolute atomic E-state index is 0.102. The molecule has 1 unspecified atom stereocenters. The molecule has 68 valence electrons. The van der Waals surface area contributed by atoms with Gasteiger partial charge in [-0.3, -0.25) is 4.79 Å². The van der Waals surface area contributed by atoms with Gasteiger partial charge in [0.15, 0.2) is 5.78 Å². The number of carbonyl (C=O) groups is 1. The van der Waals surface area contributed by atoms with Crippen LogP contribution in [0.5, 0.6) is 0 Å². The van der Waals surface area contributed by atoms with Gasteiger partial charge in [0.25, 0.3) is 0 Å². The van der Waals surface area contributed by atoms with Crippen LogP contribution < -0.4 is 0 Å². The predicted molar refractivity (Wildman–Crippen MR) is 49.9 cm³/mol. The second-order valence-corrected chi connectivity index (χ2v) is 2.54. The van der Waals surface area contributed by atoms with E-state index in [1.165, 1.54) is 6.08 Å². The first kappa shape index (κ1) is 11.1. The smallest absolute Gasteiger partial charge is 0.155 e. The molecule has 0 aromatic rings. The van der Waals surface area contributed by atoms with Crippen LogP contribution in [0.4, 0.5) is 0 Å². The Morgan fingerprint density at radius 1 is 1.42 bits per heavy atom. The molecule has 0 aliphatic rings. The summed E-state index contributed by atoms with van der Waals surface area (Å²) in [6, 6.07) is 0. The summed E-state index contributed by atoms with van der Waals surface area (Å²) in [5.74, 6) is 0.102. The molecule has 2 nitrogen and oxygen atoms in total. The van der Waals surface area contributed by atoms with E-state index in [1.54, 1.807) is 18.2 Å².